The van der Waals surface area contributed by atoms with Crippen molar-refractivity contribution >= 4 is 11.1 Å². The van der Waals surface area contributed by atoms with Gasteiger partial charge in [-0.25, -0.2) is 0 Å². The predicted octanol–water partition coefficient (Wildman–Crippen LogP) is 5.59. The second-order valence-electron chi connectivity index (χ2n) is 8.57. The highest BCUT2D eigenvalue weighted by Gasteiger charge is 2.20. The van der Waals surface area contributed by atoms with Gasteiger partial charge in [0.1, 0.15) is 24.7 Å². The van der Waals surface area contributed by atoms with Gasteiger partial charge < -0.3 is 18.9 Å². The van der Waals surface area contributed by atoms with Crippen molar-refractivity contribution in [3.8, 4) is 11.5 Å². The minimum atomic E-state index is 0.265. The summed E-state index contributed by atoms with van der Waals surface area (Å²) in [6.45, 7) is 5.14. The maximum Gasteiger partial charge on any atom is 0.122 e. The molecule has 2 unspecified atom stereocenters. The summed E-state index contributed by atoms with van der Waals surface area (Å²) in [6.07, 6.45) is 9.33. The Morgan fingerprint density at radius 1 is 0.774 bits per heavy atom. The van der Waals surface area contributed by atoms with Crippen LogP contribution in [-0.4, -0.2) is 38.6 Å². The Balaban J connectivity index is 1.20. The maximum atomic E-state index is 5.93. The molecular formula is C27H30O4. The number of ether oxygens (including phenoxy) is 4. The van der Waals surface area contributed by atoms with E-state index in [1.54, 1.807) is 0 Å². The quantitative estimate of drug-likeness (QED) is 0.560. The van der Waals surface area contributed by atoms with Crippen LogP contribution in [0.25, 0.3) is 11.1 Å². The predicted molar refractivity (Wildman–Crippen MR) is 123 cm³/mol. The Kier molecular flexibility index (Phi) is 6.10. The summed E-state index contributed by atoms with van der Waals surface area (Å²) in [4.78, 5) is 0. The van der Waals surface area contributed by atoms with E-state index < -0.39 is 0 Å². The zero-order valence-corrected chi connectivity index (χ0v) is 18.1. The molecular weight excluding hydrogens is 388 g/mol. The van der Waals surface area contributed by atoms with E-state index in [2.05, 4.69) is 61.5 Å². The van der Waals surface area contributed by atoms with E-state index in [1.807, 2.05) is 0 Å². The van der Waals surface area contributed by atoms with E-state index in [0.717, 1.165) is 50.4 Å². The van der Waals surface area contributed by atoms with Gasteiger partial charge in [-0.15, -0.1) is 0 Å². The van der Waals surface area contributed by atoms with Gasteiger partial charge in [-0.2, -0.15) is 0 Å². The highest BCUT2D eigenvalue weighted by Crippen LogP contribution is 2.34. The topological polar surface area (TPSA) is 36.9 Å². The van der Waals surface area contributed by atoms with Crippen LogP contribution in [-0.2, 0) is 9.47 Å². The molecule has 162 valence electrons. The molecule has 0 N–H and O–H groups in total. The summed E-state index contributed by atoms with van der Waals surface area (Å²) >= 11 is 0. The fourth-order valence-corrected chi connectivity index (χ4v) is 4.10. The van der Waals surface area contributed by atoms with E-state index in [0.29, 0.717) is 13.2 Å². The van der Waals surface area contributed by atoms with E-state index >= 15 is 0 Å². The molecule has 1 aliphatic carbocycles. The number of hydrogen-bond acceptors (Lipinski definition) is 4. The van der Waals surface area contributed by atoms with Gasteiger partial charge >= 0.3 is 0 Å². The first-order chi connectivity index (χ1) is 15.2. The van der Waals surface area contributed by atoms with Gasteiger partial charge in [0, 0.05) is 26.1 Å². The van der Waals surface area contributed by atoms with Crippen LogP contribution >= 0.6 is 0 Å². The second kappa shape index (κ2) is 9.29. The molecule has 0 aromatic heterocycles. The Bertz CT molecular complexity index is 965. The molecule has 5 rings (SSSR count). The largest absolute Gasteiger partial charge is 0.491 e. The SMILES string of the molecule is Cc1cc(C2=CC=C(c3ccc(OCC4CCO4)cc3)CC2)ccc1OCC1CCO1. The lowest BCUT2D eigenvalue weighted by Gasteiger charge is -2.26. The Labute approximate surface area is 184 Å². The fourth-order valence-electron chi connectivity index (χ4n) is 4.10. The van der Waals surface area contributed by atoms with Crippen LogP contribution < -0.4 is 9.47 Å². The number of allylic oxidation sites excluding steroid dienone is 4. The lowest BCUT2D eigenvalue weighted by molar-refractivity contribution is -0.0722. The molecule has 2 aromatic rings. The Morgan fingerprint density at radius 2 is 1.35 bits per heavy atom. The number of hydrogen-bond donors (Lipinski definition) is 0. The van der Waals surface area contributed by atoms with Crippen molar-refractivity contribution in [3.05, 3.63) is 71.3 Å². The lowest BCUT2D eigenvalue weighted by Crippen LogP contribution is -2.32. The van der Waals surface area contributed by atoms with E-state index in [-0.39, 0.29) is 12.2 Å². The number of aryl methyl sites for hydroxylation is 1. The molecule has 2 atom stereocenters. The number of benzene rings is 2. The van der Waals surface area contributed by atoms with E-state index in [1.165, 1.54) is 27.8 Å². The van der Waals surface area contributed by atoms with Crippen molar-refractivity contribution < 1.29 is 18.9 Å². The van der Waals surface area contributed by atoms with Gasteiger partial charge in [-0.1, -0.05) is 30.4 Å². The molecule has 2 fully saturated rings. The first kappa shape index (κ1) is 20.3. The highest BCUT2D eigenvalue weighted by atomic mass is 16.6. The van der Waals surface area contributed by atoms with Crippen LogP contribution in [0.1, 0.15) is 42.4 Å². The highest BCUT2D eigenvalue weighted by molar-refractivity contribution is 5.78. The average Bonchev–Trinajstić information content (AvgIpc) is 2.73. The molecule has 0 saturated carbocycles. The first-order valence-corrected chi connectivity index (χ1v) is 11.3. The summed E-state index contributed by atoms with van der Waals surface area (Å²) in [7, 11) is 0. The van der Waals surface area contributed by atoms with E-state index in [4.69, 9.17) is 18.9 Å². The van der Waals surface area contributed by atoms with Crippen molar-refractivity contribution in [1.82, 2.24) is 0 Å². The third-order valence-corrected chi connectivity index (χ3v) is 6.37. The summed E-state index contributed by atoms with van der Waals surface area (Å²) in [5, 5.41) is 0. The average molecular weight is 419 g/mol. The van der Waals surface area contributed by atoms with Crippen LogP contribution in [0.2, 0.25) is 0 Å². The van der Waals surface area contributed by atoms with Crippen LogP contribution in [0.3, 0.4) is 0 Å². The third-order valence-electron chi connectivity index (χ3n) is 6.37. The second-order valence-corrected chi connectivity index (χ2v) is 8.57. The molecule has 0 spiro atoms. The molecule has 4 heteroatoms. The van der Waals surface area contributed by atoms with Gasteiger partial charge in [0.2, 0.25) is 0 Å². The zero-order valence-electron chi connectivity index (χ0n) is 18.1. The molecule has 0 amide bonds. The van der Waals surface area contributed by atoms with Crippen molar-refractivity contribution in [2.24, 2.45) is 0 Å². The fraction of sp³-hybridized carbons (Fsp3) is 0.407. The number of rotatable bonds is 8. The first-order valence-electron chi connectivity index (χ1n) is 11.3. The molecule has 2 aliphatic heterocycles. The normalized spacial score (nSPS) is 22.6. The standard InChI is InChI=1S/C27H30O4/c1-19-16-23(8-11-27(19)31-18-26-13-15-29-26)22-4-2-20(3-5-22)21-6-9-24(10-7-21)30-17-25-12-14-28-25/h2,4,6-11,16,25-26H,3,5,12-15,17-18H2,1H3. The van der Waals surface area contributed by atoms with Crippen LogP contribution in [0.15, 0.2) is 54.6 Å². The Morgan fingerprint density at radius 3 is 1.90 bits per heavy atom. The van der Waals surface area contributed by atoms with Gasteiger partial charge in [0.15, 0.2) is 0 Å². The van der Waals surface area contributed by atoms with Crippen LogP contribution in [0, 0.1) is 6.92 Å². The van der Waals surface area contributed by atoms with Gasteiger partial charge in [0.05, 0.1) is 12.2 Å². The smallest absolute Gasteiger partial charge is 0.122 e. The van der Waals surface area contributed by atoms with E-state index in [9.17, 15) is 0 Å². The maximum absolute atomic E-state index is 5.93. The van der Waals surface area contributed by atoms with Crippen LogP contribution in [0.5, 0.6) is 11.5 Å². The molecule has 0 radical (unpaired) electrons. The molecule has 2 heterocycles. The van der Waals surface area contributed by atoms with Crippen molar-refractivity contribution in [2.45, 2.75) is 44.8 Å². The van der Waals surface area contributed by atoms with Gasteiger partial charge in [-0.3, -0.25) is 0 Å². The summed E-state index contributed by atoms with van der Waals surface area (Å²) < 4.78 is 22.6. The zero-order chi connectivity index (χ0) is 21.0. The molecule has 31 heavy (non-hydrogen) atoms. The summed E-state index contributed by atoms with van der Waals surface area (Å²) in [5.41, 5.74) is 6.47. The minimum Gasteiger partial charge on any atom is -0.491 e. The summed E-state index contributed by atoms with van der Waals surface area (Å²) in [5.74, 6) is 1.87. The molecule has 2 saturated heterocycles. The van der Waals surface area contributed by atoms with Crippen molar-refractivity contribution in [2.75, 3.05) is 26.4 Å². The van der Waals surface area contributed by atoms with Crippen LogP contribution in [0.4, 0.5) is 0 Å². The summed E-state index contributed by atoms with van der Waals surface area (Å²) in [6, 6.07) is 14.9. The van der Waals surface area contributed by atoms with Gasteiger partial charge in [0.25, 0.3) is 0 Å². The third kappa shape index (κ3) is 4.86. The molecule has 4 nitrogen and oxygen atoms in total. The molecule has 0 bridgehead atoms. The molecule has 2 aromatic carbocycles. The minimum absolute atomic E-state index is 0.265. The Hall–Kier alpha value is -2.56. The molecule has 3 aliphatic rings. The monoisotopic (exact) mass is 418 g/mol. The van der Waals surface area contributed by atoms with Gasteiger partial charge in [-0.05, 0) is 71.9 Å². The lowest BCUT2D eigenvalue weighted by atomic mass is 9.89. The van der Waals surface area contributed by atoms with Crippen molar-refractivity contribution in [3.63, 3.8) is 0 Å². The van der Waals surface area contributed by atoms with Crippen molar-refractivity contribution in [1.29, 1.82) is 0 Å².